The number of halogens is 1. The van der Waals surface area contributed by atoms with E-state index in [0.29, 0.717) is 23.8 Å². The van der Waals surface area contributed by atoms with Gasteiger partial charge >= 0.3 is 0 Å². The lowest BCUT2D eigenvalue weighted by Crippen LogP contribution is -2.23. The Morgan fingerprint density at radius 3 is 2.48 bits per heavy atom. The van der Waals surface area contributed by atoms with Gasteiger partial charge in [0, 0.05) is 18.1 Å². The van der Waals surface area contributed by atoms with Gasteiger partial charge in [0.05, 0.1) is 19.0 Å². The molecule has 0 radical (unpaired) electrons. The molecule has 2 N–H and O–H groups in total. The van der Waals surface area contributed by atoms with Gasteiger partial charge < -0.3 is 15.4 Å². The van der Waals surface area contributed by atoms with Crippen molar-refractivity contribution in [1.82, 2.24) is 10.3 Å². The zero-order valence-electron chi connectivity index (χ0n) is 14.9. The molecular formula is C21H20ClN3O2. The molecule has 2 aromatic carbocycles. The third kappa shape index (κ3) is 5.21. The van der Waals surface area contributed by atoms with Crippen molar-refractivity contribution in [2.45, 2.75) is 13.1 Å². The molecule has 0 bridgehead atoms. The number of hydrogen-bond acceptors (Lipinski definition) is 4. The molecule has 138 valence electrons. The summed E-state index contributed by atoms with van der Waals surface area (Å²) in [5, 5.41) is 6.82. The molecular weight excluding hydrogens is 362 g/mol. The van der Waals surface area contributed by atoms with Gasteiger partial charge in [-0.25, -0.2) is 4.98 Å². The van der Waals surface area contributed by atoms with Crippen molar-refractivity contribution in [3.8, 4) is 5.75 Å². The number of methoxy groups -OCH3 is 1. The summed E-state index contributed by atoms with van der Waals surface area (Å²) in [4.78, 5) is 16.5. The minimum absolute atomic E-state index is 0.219. The highest BCUT2D eigenvalue weighted by molar-refractivity contribution is 6.31. The Bertz CT molecular complexity index is 896. The van der Waals surface area contributed by atoms with Crippen LogP contribution in [0, 0.1) is 0 Å². The van der Waals surface area contributed by atoms with E-state index in [2.05, 4.69) is 15.6 Å². The molecule has 1 heterocycles. The lowest BCUT2D eigenvalue weighted by atomic mass is 10.2. The summed E-state index contributed by atoms with van der Waals surface area (Å²) < 4.78 is 5.12. The summed E-state index contributed by atoms with van der Waals surface area (Å²) in [5.41, 5.74) is 3.18. The van der Waals surface area contributed by atoms with Crippen molar-refractivity contribution < 1.29 is 9.53 Å². The first-order valence-electron chi connectivity index (χ1n) is 8.50. The summed E-state index contributed by atoms with van der Waals surface area (Å²) in [5.74, 6) is 0.565. The van der Waals surface area contributed by atoms with Crippen molar-refractivity contribution in [1.29, 1.82) is 0 Å². The summed E-state index contributed by atoms with van der Waals surface area (Å²) in [6, 6.07) is 18.7. The maximum absolute atomic E-state index is 12.2. The third-order valence-electron chi connectivity index (χ3n) is 4.05. The van der Waals surface area contributed by atoms with Crippen LogP contribution in [0.3, 0.4) is 0 Å². The number of carbonyl (C=O) groups excluding carboxylic acids is 1. The number of anilines is 1. The molecule has 1 aromatic heterocycles. The second kappa shape index (κ2) is 9.05. The van der Waals surface area contributed by atoms with Gasteiger partial charge in [-0.15, -0.1) is 0 Å². The van der Waals surface area contributed by atoms with Crippen LogP contribution in [0.25, 0.3) is 0 Å². The first kappa shape index (κ1) is 18.7. The molecule has 0 unspecified atom stereocenters. The van der Waals surface area contributed by atoms with Gasteiger partial charge in [0.15, 0.2) is 0 Å². The molecule has 5 nitrogen and oxygen atoms in total. The van der Waals surface area contributed by atoms with E-state index in [1.165, 1.54) is 0 Å². The number of nitrogens with zero attached hydrogens (tertiary/aromatic N) is 1. The fourth-order valence-corrected chi connectivity index (χ4v) is 2.69. The molecule has 0 saturated heterocycles. The summed E-state index contributed by atoms with van der Waals surface area (Å²) >= 11 is 6.14. The Hall–Kier alpha value is -3.05. The van der Waals surface area contributed by atoms with Gasteiger partial charge in [-0.1, -0.05) is 41.9 Å². The highest BCUT2D eigenvalue weighted by Gasteiger charge is 2.07. The molecule has 0 saturated carbocycles. The summed E-state index contributed by atoms with van der Waals surface area (Å²) in [7, 11) is 1.62. The molecule has 0 aliphatic rings. The fourth-order valence-electron chi connectivity index (χ4n) is 2.49. The van der Waals surface area contributed by atoms with E-state index in [-0.39, 0.29) is 5.91 Å². The molecule has 0 atom stereocenters. The first-order chi connectivity index (χ1) is 13.2. The van der Waals surface area contributed by atoms with E-state index in [4.69, 9.17) is 16.3 Å². The highest BCUT2D eigenvalue weighted by atomic mass is 35.5. The van der Waals surface area contributed by atoms with Crippen LogP contribution >= 0.6 is 11.6 Å². The van der Waals surface area contributed by atoms with Crippen LogP contribution in [0.1, 0.15) is 21.6 Å². The number of nitrogens with one attached hydrogen (secondary N) is 2. The Balaban J connectivity index is 1.52. The van der Waals surface area contributed by atoms with Crippen LogP contribution in [0.4, 0.5) is 5.69 Å². The molecule has 3 aromatic rings. The maximum Gasteiger partial charge on any atom is 0.270 e. The van der Waals surface area contributed by atoms with Gasteiger partial charge in [-0.05, 0) is 41.5 Å². The number of rotatable bonds is 7. The Morgan fingerprint density at radius 2 is 1.81 bits per heavy atom. The topological polar surface area (TPSA) is 63.2 Å². The average Bonchev–Trinajstić information content (AvgIpc) is 2.72. The van der Waals surface area contributed by atoms with Gasteiger partial charge in [-0.3, -0.25) is 4.79 Å². The van der Waals surface area contributed by atoms with E-state index in [0.717, 1.165) is 22.6 Å². The van der Waals surface area contributed by atoms with Crippen LogP contribution in [0.2, 0.25) is 5.02 Å². The average molecular weight is 382 g/mol. The fraction of sp³-hybridized carbons (Fsp3) is 0.143. The van der Waals surface area contributed by atoms with Crippen molar-refractivity contribution in [2.24, 2.45) is 0 Å². The molecule has 0 aliphatic heterocycles. The number of ether oxygens (including phenoxy) is 1. The van der Waals surface area contributed by atoms with Crippen LogP contribution in [0.5, 0.6) is 5.75 Å². The van der Waals surface area contributed by atoms with E-state index >= 15 is 0 Å². The number of carbonyl (C=O) groups is 1. The van der Waals surface area contributed by atoms with Gasteiger partial charge in [0.25, 0.3) is 5.91 Å². The van der Waals surface area contributed by atoms with E-state index in [1.54, 1.807) is 19.4 Å². The van der Waals surface area contributed by atoms with Gasteiger partial charge in [0.1, 0.15) is 11.4 Å². The number of pyridine rings is 1. The predicted octanol–water partition coefficient (Wildman–Crippen LogP) is 4.29. The van der Waals surface area contributed by atoms with Crippen molar-refractivity contribution >= 4 is 23.2 Å². The number of hydrogen-bond donors (Lipinski definition) is 2. The predicted molar refractivity (Wildman–Crippen MR) is 107 cm³/mol. The molecule has 1 amide bonds. The SMILES string of the molecule is COc1ccc(CNC(=O)c2ccc(NCc3ccccc3Cl)cn2)cc1. The van der Waals surface area contributed by atoms with Crippen LogP contribution in [0.15, 0.2) is 66.9 Å². The largest absolute Gasteiger partial charge is 0.497 e. The second-order valence-electron chi connectivity index (χ2n) is 5.91. The Labute approximate surface area is 163 Å². The molecule has 0 fully saturated rings. The second-order valence-corrected chi connectivity index (χ2v) is 6.32. The van der Waals surface area contributed by atoms with Crippen molar-refractivity contribution in [3.63, 3.8) is 0 Å². The Morgan fingerprint density at radius 1 is 1.04 bits per heavy atom. The van der Waals surface area contributed by atoms with Gasteiger partial charge in [0.2, 0.25) is 0 Å². The summed E-state index contributed by atoms with van der Waals surface area (Å²) in [6.07, 6.45) is 1.64. The molecule has 27 heavy (non-hydrogen) atoms. The van der Waals surface area contributed by atoms with E-state index in [9.17, 15) is 4.79 Å². The lowest BCUT2D eigenvalue weighted by Gasteiger charge is -2.09. The minimum atomic E-state index is -0.219. The lowest BCUT2D eigenvalue weighted by molar-refractivity contribution is 0.0946. The zero-order chi connectivity index (χ0) is 19.1. The minimum Gasteiger partial charge on any atom is -0.497 e. The molecule has 6 heteroatoms. The van der Waals surface area contributed by atoms with Crippen LogP contribution in [-0.2, 0) is 13.1 Å². The first-order valence-corrected chi connectivity index (χ1v) is 8.88. The number of aromatic nitrogens is 1. The van der Waals surface area contributed by atoms with E-state index < -0.39 is 0 Å². The summed E-state index contributed by atoms with van der Waals surface area (Å²) in [6.45, 7) is 1.02. The maximum atomic E-state index is 12.2. The molecule has 3 rings (SSSR count). The van der Waals surface area contributed by atoms with Gasteiger partial charge in [-0.2, -0.15) is 0 Å². The smallest absolute Gasteiger partial charge is 0.270 e. The Kier molecular flexibility index (Phi) is 6.28. The highest BCUT2D eigenvalue weighted by Crippen LogP contribution is 2.17. The van der Waals surface area contributed by atoms with Crippen LogP contribution in [-0.4, -0.2) is 18.0 Å². The molecule has 0 aliphatic carbocycles. The van der Waals surface area contributed by atoms with Crippen LogP contribution < -0.4 is 15.4 Å². The monoisotopic (exact) mass is 381 g/mol. The number of benzene rings is 2. The zero-order valence-corrected chi connectivity index (χ0v) is 15.7. The quantitative estimate of drug-likeness (QED) is 0.641. The molecule has 0 spiro atoms. The van der Waals surface area contributed by atoms with E-state index in [1.807, 2.05) is 54.6 Å². The van der Waals surface area contributed by atoms with Crippen molar-refractivity contribution in [3.05, 3.63) is 88.7 Å². The third-order valence-corrected chi connectivity index (χ3v) is 4.42. The van der Waals surface area contributed by atoms with Crippen molar-refractivity contribution in [2.75, 3.05) is 12.4 Å². The normalized spacial score (nSPS) is 10.3. The number of amides is 1. The standard InChI is InChI=1S/C21H20ClN3O2/c1-27-18-9-6-15(7-10-18)12-25-21(26)20-11-8-17(14-24-20)23-13-16-4-2-3-5-19(16)22/h2-11,14,23H,12-13H2,1H3,(H,25,26).